The van der Waals surface area contributed by atoms with E-state index in [2.05, 4.69) is 0 Å². The van der Waals surface area contributed by atoms with Gasteiger partial charge in [-0.25, -0.2) is 0 Å². The van der Waals surface area contributed by atoms with Crippen LogP contribution in [-0.2, 0) is 9.47 Å². The van der Waals surface area contributed by atoms with Crippen LogP contribution in [-0.4, -0.2) is 35.8 Å². The van der Waals surface area contributed by atoms with Gasteiger partial charge in [0.05, 0.1) is 12.2 Å². The second-order valence-corrected chi connectivity index (χ2v) is 6.38. The van der Waals surface area contributed by atoms with Crippen molar-refractivity contribution in [1.29, 1.82) is 0 Å². The monoisotopic (exact) mass is 266 g/mol. The quantitative estimate of drug-likeness (QED) is 0.893. The lowest BCUT2D eigenvalue weighted by Gasteiger charge is -2.36. The second kappa shape index (κ2) is 5.11. The third-order valence-electron chi connectivity index (χ3n) is 3.67. The first-order valence-electron chi connectivity index (χ1n) is 6.44. The average molecular weight is 266 g/mol. The third kappa shape index (κ3) is 2.51. The molecule has 18 heavy (non-hydrogen) atoms. The van der Waals surface area contributed by atoms with Gasteiger partial charge in [-0.15, -0.1) is 11.8 Å². The molecule has 2 aliphatic rings. The molecule has 2 aliphatic heterocycles. The van der Waals surface area contributed by atoms with Gasteiger partial charge < -0.3 is 14.6 Å². The summed E-state index contributed by atoms with van der Waals surface area (Å²) in [5.41, 5.74) is -0.0552. The molecule has 4 heteroatoms. The molecule has 3 rings (SSSR count). The van der Waals surface area contributed by atoms with Gasteiger partial charge in [-0.05, 0) is 25.0 Å². The Morgan fingerprint density at radius 2 is 2.17 bits per heavy atom. The number of benzene rings is 1. The Balaban J connectivity index is 1.68. The summed E-state index contributed by atoms with van der Waals surface area (Å²) in [4.78, 5) is 0.971. The van der Waals surface area contributed by atoms with Gasteiger partial charge in [-0.1, -0.05) is 12.1 Å². The number of rotatable bonds is 2. The number of hydrogen-bond donors (Lipinski definition) is 1. The molecule has 2 saturated heterocycles. The third-order valence-corrected chi connectivity index (χ3v) is 5.01. The van der Waals surface area contributed by atoms with Gasteiger partial charge in [0.1, 0.15) is 5.75 Å². The topological polar surface area (TPSA) is 38.7 Å². The van der Waals surface area contributed by atoms with E-state index in [-0.39, 0.29) is 5.60 Å². The summed E-state index contributed by atoms with van der Waals surface area (Å²) in [6, 6.07) is 7.55. The van der Waals surface area contributed by atoms with Gasteiger partial charge >= 0.3 is 0 Å². The first kappa shape index (κ1) is 12.3. The number of para-hydroxylation sites is 1. The zero-order chi connectivity index (χ0) is 12.4. The van der Waals surface area contributed by atoms with Crippen molar-refractivity contribution in [3.05, 3.63) is 24.3 Å². The Labute approximate surface area is 111 Å². The first-order chi connectivity index (χ1) is 8.77. The number of ether oxygens (including phenoxy) is 2. The predicted octanol–water partition coefficient (Wildman–Crippen LogP) is 2.82. The molecule has 0 aliphatic carbocycles. The minimum atomic E-state index is -0.0552. The molecule has 2 atom stereocenters. The number of phenolic OH excluding ortho intramolecular Hbond substituents is 1. The molecule has 98 valence electrons. The number of aromatic hydroxyl groups is 1. The van der Waals surface area contributed by atoms with E-state index in [0.29, 0.717) is 11.0 Å². The SMILES string of the molecule is Oc1ccccc1SC1CCOC2(CCOC2)C1. The van der Waals surface area contributed by atoms with Crippen molar-refractivity contribution >= 4 is 11.8 Å². The highest BCUT2D eigenvalue weighted by molar-refractivity contribution is 8.00. The highest BCUT2D eigenvalue weighted by Gasteiger charge is 2.41. The van der Waals surface area contributed by atoms with Gasteiger partial charge in [-0.3, -0.25) is 0 Å². The van der Waals surface area contributed by atoms with Crippen molar-refractivity contribution in [3.8, 4) is 5.75 Å². The molecule has 2 heterocycles. The van der Waals surface area contributed by atoms with Crippen LogP contribution in [0.3, 0.4) is 0 Å². The van der Waals surface area contributed by atoms with Crippen LogP contribution in [0.2, 0.25) is 0 Å². The van der Waals surface area contributed by atoms with Crippen molar-refractivity contribution in [2.75, 3.05) is 19.8 Å². The Morgan fingerprint density at radius 1 is 1.28 bits per heavy atom. The van der Waals surface area contributed by atoms with Crippen LogP contribution >= 0.6 is 11.8 Å². The molecule has 1 aromatic carbocycles. The van der Waals surface area contributed by atoms with Crippen molar-refractivity contribution in [2.24, 2.45) is 0 Å². The van der Waals surface area contributed by atoms with Crippen molar-refractivity contribution < 1.29 is 14.6 Å². The Hall–Kier alpha value is -0.710. The van der Waals surface area contributed by atoms with E-state index in [1.165, 1.54) is 0 Å². The highest BCUT2D eigenvalue weighted by atomic mass is 32.2. The largest absolute Gasteiger partial charge is 0.507 e. The molecule has 2 unspecified atom stereocenters. The summed E-state index contributed by atoms with van der Waals surface area (Å²) in [7, 11) is 0. The number of thioether (sulfide) groups is 1. The minimum Gasteiger partial charge on any atom is -0.507 e. The lowest BCUT2D eigenvalue weighted by molar-refractivity contribution is -0.0769. The van der Waals surface area contributed by atoms with Crippen LogP contribution in [0.4, 0.5) is 0 Å². The summed E-state index contributed by atoms with van der Waals surface area (Å²) >= 11 is 1.77. The normalized spacial score (nSPS) is 31.9. The summed E-state index contributed by atoms with van der Waals surface area (Å²) in [6.07, 6.45) is 3.07. The second-order valence-electron chi connectivity index (χ2n) is 5.03. The predicted molar refractivity (Wildman–Crippen MR) is 71.1 cm³/mol. The van der Waals surface area contributed by atoms with Gasteiger partial charge in [-0.2, -0.15) is 0 Å². The fourth-order valence-electron chi connectivity index (χ4n) is 2.68. The Bertz CT molecular complexity index is 415. The van der Waals surface area contributed by atoms with Gasteiger partial charge in [0.15, 0.2) is 0 Å². The summed E-state index contributed by atoms with van der Waals surface area (Å²) in [5, 5.41) is 10.3. The summed E-state index contributed by atoms with van der Waals surface area (Å²) in [5.74, 6) is 0.380. The smallest absolute Gasteiger partial charge is 0.129 e. The molecular weight excluding hydrogens is 248 g/mol. The van der Waals surface area contributed by atoms with E-state index in [4.69, 9.17) is 9.47 Å². The summed E-state index contributed by atoms with van der Waals surface area (Å²) < 4.78 is 11.4. The van der Waals surface area contributed by atoms with Crippen molar-refractivity contribution in [2.45, 2.75) is 35.0 Å². The van der Waals surface area contributed by atoms with E-state index < -0.39 is 0 Å². The van der Waals surface area contributed by atoms with Gasteiger partial charge in [0.25, 0.3) is 0 Å². The first-order valence-corrected chi connectivity index (χ1v) is 7.32. The number of phenols is 1. The molecule has 0 amide bonds. The highest BCUT2D eigenvalue weighted by Crippen LogP contribution is 2.41. The molecule has 0 bridgehead atoms. The van der Waals surface area contributed by atoms with Crippen LogP contribution in [0.25, 0.3) is 0 Å². The van der Waals surface area contributed by atoms with E-state index >= 15 is 0 Å². The molecule has 1 spiro atoms. The standard InChI is InChI=1S/C14H18O3S/c15-12-3-1-2-4-13(12)18-11-5-7-17-14(9-11)6-8-16-10-14/h1-4,11,15H,5-10H2. The zero-order valence-corrected chi connectivity index (χ0v) is 11.1. The van der Waals surface area contributed by atoms with Gasteiger partial charge in [0.2, 0.25) is 0 Å². The van der Waals surface area contributed by atoms with Gasteiger partial charge in [0, 0.05) is 29.8 Å². The molecule has 0 aromatic heterocycles. The maximum atomic E-state index is 9.82. The van der Waals surface area contributed by atoms with E-state index in [0.717, 1.165) is 44.0 Å². The molecule has 1 N–H and O–H groups in total. The molecule has 0 saturated carbocycles. The van der Waals surface area contributed by atoms with Crippen LogP contribution in [0.15, 0.2) is 29.2 Å². The minimum absolute atomic E-state index is 0.0552. The molecule has 1 aromatic rings. The van der Waals surface area contributed by atoms with Crippen LogP contribution in [0.1, 0.15) is 19.3 Å². The van der Waals surface area contributed by atoms with Crippen LogP contribution < -0.4 is 0 Å². The molecule has 0 radical (unpaired) electrons. The van der Waals surface area contributed by atoms with E-state index in [9.17, 15) is 5.11 Å². The molecular formula is C14H18O3S. The van der Waals surface area contributed by atoms with Crippen LogP contribution in [0, 0.1) is 0 Å². The van der Waals surface area contributed by atoms with Crippen molar-refractivity contribution in [1.82, 2.24) is 0 Å². The Morgan fingerprint density at radius 3 is 2.94 bits per heavy atom. The Kier molecular flexibility index (Phi) is 3.50. The fourth-order valence-corrected chi connectivity index (χ4v) is 3.99. The maximum absolute atomic E-state index is 9.82. The van der Waals surface area contributed by atoms with Crippen molar-refractivity contribution in [3.63, 3.8) is 0 Å². The average Bonchev–Trinajstić information content (AvgIpc) is 2.80. The maximum Gasteiger partial charge on any atom is 0.129 e. The lowest BCUT2D eigenvalue weighted by Crippen LogP contribution is -2.41. The lowest BCUT2D eigenvalue weighted by atomic mass is 9.93. The zero-order valence-electron chi connectivity index (χ0n) is 10.3. The number of hydrogen-bond acceptors (Lipinski definition) is 4. The molecule has 2 fully saturated rings. The fraction of sp³-hybridized carbons (Fsp3) is 0.571. The molecule has 3 nitrogen and oxygen atoms in total. The summed E-state index contributed by atoms with van der Waals surface area (Å²) in [6.45, 7) is 2.34. The van der Waals surface area contributed by atoms with Crippen LogP contribution in [0.5, 0.6) is 5.75 Å². The van der Waals surface area contributed by atoms with E-state index in [1.54, 1.807) is 17.8 Å². The van der Waals surface area contributed by atoms with E-state index in [1.807, 2.05) is 18.2 Å².